The summed E-state index contributed by atoms with van der Waals surface area (Å²) in [4.78, 5) is 0. The van der Waals surface area contributed by atoms with E-state index in [0.29, 0.717) is 5.92 Å². The molecule has 20 heavy (non-hydrogen) atoms. The van der Waals surface area contributed by atoms with Gasteiger partial charge in [0.25, 0.3) is 0 Å². The highest BCUT2D eigenvalue weighted by atomic mass is 32.2. The number of aliphatic hydroxyl groups is 1. The van der Waals surface area contributed by atoms with Crippen LogP contribution in [0.25, 0.3) is 0 Å². The Morgan fingerprint density at radius 3 is 2.60 bits per heavy atom. The van der Waals surface area contributed by atoms with Gasteiger partial charge in [-0.3, -0.25) is 0 Å². The molecule has 1 N–H and O–H groups in total. The Morgan fingerprint density at radius 2 is 1.95 bits per heavy atom. The molecule has 1 aromatic carbocycles. The Bertz CT molecular complexity index is 407. The minimum Gasteiger partial charge on any atom is -0.389 e. The van der Waals surface area contributed by atoms with Crippen LogP contribution >= 0.6 is 11.8 Å². The number of hydrogen-bond donors (Lipinski definition) is 1. The average molecular weight is 290 g/mol. The van der Waals surface area contributed by atoms with E-state index in [1.54, 1.807) is 11.8 Å². The molecule has 1 atom stereocenters. The van der Waals surface area contributed by atoms with Gasteiger partial charge in [0.2, 0.25) is 0 Å². The maximum atomic E-state index is 10.6. The lowest BCUT2D eigenvalue weighted by atomic mass is 9.81. The summed E-state index contributed by atoms with van der Waals surface area (Å²) in [5.74, 6) is 0.613. The van der Waals surface area contributed by atoms with E-state index >= 15 is 0 Å². The first-order valence-corrected chi connectivity index (χ1v) is 9.05. The van der Waals surface area contributed by atoms with Gasteiger partial charge in [-0.25, -0.2) is 0 Å². The molecule has 1 aliphatic rings. The van der Waals surface area contributed by atoms with Crippen molar-refractivity contribution in [2.24, 2.45) is 5.92 Å². The third-order valence-corrected chi connectivity index (χ3v) is 4.77. The second-order valence-corrected chi connectivity index (χ2v) is 6.44. The molecule has 1 aromatic rings. The van der Waals surface area contributed by atoms with Crippen LogP contribution in [0.1, 0.15) is 44.1 Å². The lowest BCUT2D eigenvalue weighted by Crippen LogP contribution is -2.20. The van der Waals surface area contributed by atoms with Crippen molar-refractivity contribution in [3.63, 3.8) is 0 Å². The summed E-state index contributed by atoms with van der Waals surface area (Å²) in [5, 5.41) is 12.8. The van der Waals surface area contributed by atoms with Crippen LogP contribution in [0.15, 0.2) is 41.3 Å². The van der Waals surface area contributed by atoms with Crippen LogP contribution < -0.4 is 0 Å². The number of benzene rings is 1. The molecule has 110 valence electrons. The molecular formula is C18H26OS. The summed E-state index contributed by atoms with van der Waals surface area (Å²) in [6.45, 7) is 0. The summed E-state index contributed by atoms with van der Waals surface area (Å²) in [7, 11) is 0. The smallest absolute Gasteiger partial charge is 0.0764 e. The van der Waals surface area contributed by atoms with Gasteiger partial charge >= 0.3 is 0 Å². The fraction of sp³-hybridized carbons (Fsp3) is 0.556. The summed E-state index contributed by atoms with van der Waals surface area (Å²) in [6.07, 6.45) is 10.1. The van der Waals surface area contributed by atoms with Gasteiger partial charge in [0.15, 0.2) is 0 Å². The predicted octanol–water partition coefficient (Wildman–Crippen LogP) is 4.81. The van der Waals surface area contributed by atoms with E-state index in [4.69, 9.17) is 0 Å². The van der Waals surface area contributed by atoms with E-state index in [1.807, 2.05) is 6.07 Å². The van der Waals surface area contributed by atoms with Crippen LogP contribution in [0.4, 0.5) is 0 Å². The van der Waals surface area contributed by atoms with Gasteiger partial charge in [-0.05, 0) is 54.4 Å². The Hall–Kier alpha value is -0.730. The maximum absolute atomic E-state index is 10.6. The number of hydrogen-bond acceptors (Lipinski definition) is 2. The molecule has 1 saturated carbocycles. The van der Waals surface area contributed by atoms with E-state index in [-0.39, 0.29) is 6.10 Å². The Kier molecular flexibility index (Phi) is 6.68. The van der Waals surface area contributed by atoms with Crippen LogP contribution in [0.5, 0.6) is 0 Å². The largest absolute Gasteiger partial charge is 0.389 e. The highest BCUT2D eigenvalue weighted by Crippen LogP contribution is 2.33. The van der Waals surface area contributed by atoms with E-state index < -0.39 is 0 Å². The molecule has 2 rings (SSSR count). The van der Waals surface area contributed by atoms with Crippen molar-refractivity contribution < 1.29 is 5.11 Å². The molecule has 0 radical (unpaired) electrons. The van der Waals surface area contributed by atoms with Gasteiger partial charge in [0.1, 0.15) is 0 Å². The van der Waals surface area contributed by atoms with Gasteiger partial charge in [-0.15, -0.1) is 11.8 Å². The second kappa shape index (κ2) is 8.53. The molecule has 0 aliphatic heterocycles. The molecule has 0 heterocycles. The zero-order chi connectivity index (χ0) is 14.2. The van der Waals surface area contributed by atoms with E-state index in [9.17, 15) is 5.11 Å². The normalized spacial score (nSPS) is 19.0. The van der Waals surface area contributed by atoms with Gasteiger partial charge < -0.3 is 5.11 Å². The van der Waals surface area contributed by atoms with Crippen molar-refractivity contribution >= 4 is 11.8 Å². The topological polar surface area (TPSA) is 20.2 Å². The standard InChI is InChI=1S/C18H26OS/c1-20-14-17(16-10-6-3-7-11-16)18(19)13-12-15-8-4-2-5-9-15/h2,4-5,8-9,14,16,18-19H,3,6-7,10-13H2,1H3. The van der Waals surface area contributed by atoms with E-state index in [1.165, 1.54) is 43.2 Å². The number of aliphatic hydroxyl groups excluding tert-OH is 1. The monoisotopic (exact) mass is 290 g/mol. The molecule has 0 spiro atoms. The average Bonchev–Trinajstić information content (AvgIpc) is 2.52. The van der Waals surface area contributed by atoms with Crippen molar-refractivity contribution in [1.29, 1.82) is 0 Å². The van der Waals surface area contributed by atoms with Gasteiger partial charge in [0, 0.05) is 0 Å². The number of rotatable bonds is 6. The van der Waals surface area contributed by atoms with Gasteiger partial charge in [-0.1, -0.05) is 49.6 Å². The van der Waals surface area contributed by atoms with Crippen LogP contribution in [-0.2, 0) is 6.42 Å². The molecule has 0 bridgehead atoms. The lowest BCUT2D eigenvalue weighted by Gasteiger charge is -2.27. The molecule has 2 heteroatoms. The molecule has 1 fully saturated rings. The van der Waals surface area contributed by atoms with E-state index in [2.05, 4.69) is 35.9 Å². The predicted molar refractivity (Wildman–Crippen MR) is 88.9 cm³/mol. The SMILES string of the molecule is CSC=C(C(O)CCc1ccccc1)C1CCCCC1. The summed E-state index contributed by atoms with van der Waals surface area (Å²) in [5.41, 5.74) is 2.60. The molecular weight excluding hydrogens is 264 g/mol. The van der Waals surface area contributed by atoms with Crippen molar-refractivity contribution in [3.05, 3.63) is 46.9 Å². The molecule has 0 amide bonds. The minimum absolute atomic E-state index is 0.272. The second-order valence-electron chi connectivity index (χ2n) is 5.73. The van der Waals surface area contributed by atoms with Crippen LogP contribution in [0, 0.1) is 5.92 Å². The molecule has 0 saturated heterocycles. The summed E-state index contributed by atoms with van der Waals surface area (Å²) < 4.78 is 0. The minimum atomic E-state index is -0.272. The fourth-order valence-electron chi connectivity index (χ4n) is 3.13. The quantitative estimate of drug-likeness (QED) is 0.811. The zero-order valence-corrected chi connectivity index (χ0v) is 13.2. The van der Waals surface area contributed by atoms with Crippen molar-refractivity contribution in [1.82, 2.24) is 0 Å². The van der Waals surface area contributed by atoms with Crippen molar-refractivity contribution in [2.75, 3.05) is 6.26 Å². The molecule has 0 aromatic heterocycles. The Labute approximate surface area is 127 Å². The first-order valence-electron chi connectivity index (χ1n) is 7.76. The van der Waals surface area contributed by atoms with Crippen LogP contribution in [-0.4, -0.2) is 17.5 Å². The highest BCUT2D eigenvalue weighted by molar-refractivity contribution is 8.01. The lowest BCUT2D eigenvalue weighted by molar-refractivity contribution is 0.179. The first kappa shape index (κ1) is 15.7. The molecule has 1 nitrogen and oxygen atoms in total. The number of thioether (sulfide) groups is 1. The third-order valence-electron chi connectivity index (χ3n) is 4.26. The Morgan fingerprint density at radius 1 is 1.25 bits per heavy atom. The van der Waals surface area contributed by atoms with Crippen molar-refractivity contribution in [2.45, 2.75) is 51.0 Å². The van der Waals surface area contributed by atoms with Crippen molar-refractivity contribution in [3.8, 4) is 0 Å². The van der Waals surface area contributed by atoms with E-state index in [0.717, 1.165) is 12.8 Å². The Balaban J connectivity index is 1.93. The maximum Gasteiger partial charge on any atom is 0.0764 e. The summed E-state index contributed by atoms with van der Waals surface area (Å²) >= 11 is 1.73. The van der Waals surface area contributed by atoms with Crippen LogP contribution in [0.2, 0.25) is 0 Å². The third kappa shape index (κ3) is 4.68. The molecule has 1 unspecified atom stereocenters. The zero-order valence-electron chi connectivity index (χ0n) is 12.4. The van der Waals surface area contributed by atoms with Crippen LogP contribution in [0.3, 0.4) is 0 Å². The fourth-order valence-corrected chi connectivity index (χ4v) is 3.76. The summed E-state index contributed by atoms with van der Waals surface area (Å²) in [6, 6.07) is 10.5. The van der Waals surface area contributed by atoms with Gasteiger partial charge in [-0.2, -0.15) is 0 Å². The molecule has 1 aliphatic carbocycles. The van der Waals surface area contributed by atoms with Gasteiger partial charge in [0.05, 0.1) is 6.10 Å². The first-order chi connectivity index (χ1) is 9.81. The number of aryl methyl sites for hydroxylation is 1. The highest BCUT2D eigenvalue weighted by Gasteiger charge is 2.22.